The van der Waals surface area contributed by atoms with Crippen molar-refractivity contribution in [2.75, 3.05) is 6.61 Å². The second-order valence-corrected chi connectivity index (χ2v) is 5.69. The summed E-state index contributed by atoms with van der Waals surface area (Å²) in [5.41, 5.74) is 0.714. The van der Waals surface area contributed by atoms with E-state index in [4.69, 9.17) is 0 Å². The highest BCUT2D eigenvalue weighted by Crippen LogP contribution is 2.27. The van der Waals surface area contributed by atoms with Crippen LogP contribution in [0.2, 0.25) is 0 Å². The molecule has 1 aromatic carbocycles. The van der Waals surface area contributed by atoms with E-state index < -0.39 is 0 Å². The Labute approximate surface area is 116 Å². The largest absolute Gasteiger partial charge is 0.507 e. The average Bonchev–Trinajstić information content (AvgIpc) is 2.40. The quantitative estimate of drug-likeness (QED) is 0.843. The monoisotopic (exact) mass is 311 g/mol. The zero-order chi connectivity index (χ0) is 13.0. The number of rotatable bonds is 3. The molecular weight excluding hydrogens is 294 g/mol. The van der Waals surface area contributed by atoms with Crippen LogP contribution in [0, 0.1) is 5.92 Å². The Morgan fingerprint density at radius 1 is 1.33 bits per heavy atom. The third-order valence-electron chi connectivity index (χ3n) is 3.50. The van der Waals surface area contributed by atoms with Crippen LogP contribution >= 0.6 is 15.9 Å². The van der Waals surface area contributed by atoms with Crippen molar-refractivity contribution in [2.24, 2.45) is 10.9 Å². The Balaban J connectivity index is 2.11. The normalized spacial score (nSPS) is 24.6. The maximum atomic E-state index is 9.73. The van der Waals surface area contributed by atoms with Crippen LogP contribution in [0.15, 0.2) is 27.7 Å². The molecule has 1 aliphatic rings. The number of aliphatic imine (C=N–C) groups is 1. The van der Waals surface area contributed by atoms with E-state index in [9.17, 15) is 10.2 Å². The highest BCUT2D eigenvalue weighted by molar-refractivity contribution is 9.10. The minimum atomic E-state index is 0.183. The Morgan fingerprint density at radius 3 is 2.89 bits per heavy atom. The van der Waals surface area contributed by atoms with Gasteiger partial charge >= 0.3 is 0 Å². The first kappa shape index (κ1) is 13.6. The second-order valence-electron chi connectivity index (χ2n) is 4.78. The molecule has 1 fully saturated rings. The van der Waals surface area contributed by atoms with Crippen LogP contribution in [0.25, 0.3) is 0 Å². The minimum absolute atomic E-state index is 0.183. The first-order valence-corrected chi connectivity index (χ1v) is 7.12. The van der Waals surface area contributed by atoms with Gasteiger partial charge in [-0.15, -0.1) is 0 Å². The topological polar surface area (TPSA) is 52.8 Å². The fraction of sp³-hybridized carbons (Fsp3) is 0.500. The van der Waals surface area contributed by atoms with Gasteiger partial charge in [0.05, 0.1) is 6.04 Å². The molecule has 1 saturated carbocycles. The molecular formula is C14H18BrNO2. The number of phenols is 1. The number of nitrogens with zero attached hydrogens (tertiary/aromatic N) is 1. The van der Waals surface area contributed by atoms with Crippen molar-refractivity contribution < 1.29 is 10.2 Å². The van der Waals surface area contributed by atoms with Crippen molar-refractivity contribution in [3.05, 3.63) is 28.2 Å². The number of hydrogen-bond donors (Lipinski definition) is 2. The van der Waals surface area contributed by atoms with Crippen LogP contribution in [-0.4, -0.2) is 29.1 Å². The van der Waals surface area contributed by atoms with E-state index in [0.29, 0.717) is 5.56 Å². The van der Waals surface area contributed by atoms with Crippen LogP contribution < -0.4 is 0 Å². The van der Waals surface area contributed by atoms with Gasteiger partial charge in [-0.1, -0.05) is 28.8 Å². The fourth-order valence-corrected chi connectivity index (χ4v) is 2.78. The zero-order valence-corrected chi connectivity index (χ0v) is 11.8. The van der Waals surface area contributed by atoms with Gasteiger partial charge < -0.3 is 10.2 Å². The third kappa shape index (κ3) is 3.33. The van der Waals surface area contributed by atoms with Crippen LogP contribution in [0.3, 0.4) is 0 Å². The molecule has 3 nitrogen and oxygen atoms in total. The van der Waals surface area contributed by atoms with Gasteiger partial charge in [0.2, 0.25) is 0 Å². The van der Waals surface area contributed by atoms with E-state index in [0.717, 1.165) is 17.3 Å². The van der Waals surface area contributed by atoms with E-state index in [1.165, 1.54) is 12.8 Å². The molecule has 1 aromatic rings. The van der Waals surface area contributed by atoms with Crippen LogP contribution in [0.5, 0.6) is 5.75 Å². The van der Waals surface area contributed by atoms with Crippen molar-refractivity contribution in [3.63, 3.8) is 0 Å². The van der Waals surface area contributed by atoms with E-state index in [1.807, 2.05) is 6.07 Å². The van der Waals surface area contributed by atoms with Gasteiger partial charge in [-0.3, -0.25) is 4.99 Å². The van der Waals surface area contributed by atoms with Gasteiger partial charge in [0.15, 0.2) is 0 Å². The lowest BCUT2D eigenvalue weighted by Gasteiger charge is -2.26. The third-order valence-corrected chi connectivity index (χ3v) is 3.99. The molecule has 18 heavy (non-hydrogen) atoms. The summed E-state index contributed by atoms with van der Waals surface area (Å²) in [5.74, 6) is 0.502. The SMILES string of the molecule is OC[C@@H]1CCCC[C@@H]1N=Cc1cc(Br)ccc1O. The lowest BCUT2D eigenvalue weighted by atomic mass is 9.85. The van der Waals surface area contributed by atoms with Crippen molar-refractivity contribution in [2.45, 2.75) is 31.7 Å². The van der Waals surface area contributed by atoms with Crippen molar-refractivity contribution in [1.82, 2.24) is 0 Å². The lowest BCUT2D eigenvalue weighted by molar-refractivity contribution is 0.172. The molecule has 0 heterocycles. The number of halogens is 1. The van der Waals surface area contributed by atoms with Gasteiger partial charge in [-0.05, 0) is 31.0 Å². The molecule has 0 bridgehead atoms. The van der Waals surface area contributed by atoms with E-state index in [2.05, 4.69) is 20.9 Å². The molecule has 0 aliphatic heterocycles. The first-order chi connectivity index (χ1) is 8.70. The van der Waals surface area contributed by atoms with Gasteiger partial charge in [0.1, 0.15) is 5.75 Å². The number of aliphatic hydroxyl groups is 1. The average molecular weight is 312 g/mol. The van der Waals surface area contributed by atoms with E-state index in [-0.39, 0.29) is 24.3 Å². The summed E-state index contributed by atoms with van der Waals surface area (Å²) in [4.78, 5) is 4.54. The summed E-state index contributed by atoms with van der Waals surface area (Å²) in [6, 6.07) is 5.47. The first-order valence-electron chi connectivity index (χ1n) is 6.33. The number of benzene rings is 1. The lowest BCUT2D eigenvalue weighted by Crippen LogP contribution is -2.26. The zero-order valence-electron chi connectivity index (χ0n) is 10.2. The van der Waals surface area contributed by atoms with Crippen molar-refractivity contribution in [1.29, 1.82) is 0 Å². The Morgan fingerprint density at radius 2 is 2.11 bits per heavy atom. The number of aliphatic hydroxyl groups excluding tert-OH is 1. The van der Waals surface area contributed by atoms with E-state index in [1.54, 1.807) is 18.3 Å². The molecule has 4 heteroatoms. The predicted molar refractivity (Wildman–Crippen MR) is 76.2 cm³/mol. The summed E-state index contributed by atoms with van der Waals surface area (Å²) in [6.07, 6.45) is 6.14. The van der Waals surface area contributed by atoms with Crippen molar-refractivity contribution >= 4 is 22.1 Å². The summed E-state index contributed by atoms with van der Waals surface area (Å²) < 4.78 is 0.920. The number of aromatic hydroxyl groups is 1. The molecule has 98 valence electrons. The van der Waals surface area contributed by atoms with Gasteiger partial charge in [0, 0.05) is 28.8 Å². The molecule has 2 rings (SSSR count). The predicted octanol–water partition coefficient (Wildman–Crippen LogP) is 3.12. The smallest absolute Gasteiger partial charge is 0.124 e. The molecule has 0 radical (unpaired) electrons. The van der Waals surface area contributed by atoms with Gasteiger partial charge in [-0.2, -0.15) is 0 Å². The summed E-state index contributed by atoms with van der Waals surface area (Å²) >= 11 is 3.38. The molecule has 0 amide bonds. The summed E-state index contributed by atoms with van der Waals surface area (Å²) in [5, 5.41) is 19.1. The number of phenolic OH excluding ortho intramolecular Hbond substituents is 1. The van der Waals surface area contributed by atoms with Gasteiger partial charge in [0.25, 0.3) is 0 Å². The standard InChI is InChI=1S/C14H18BrNO2/c15-12-5-6-14(18)11(7-12)8-16-13-4-2-1-3-10(13)9-17/h5-8,10,13,17-18H,1-4,9H2/t10-,13-/m0/s1. The summed E-state index contributed by atoms with van der Waals surface area (Å²) in [7, 11) is 0. The fourth-order valence-electron chi connectivity index (χ4n) is 2.40. The Hall–Kier alpha value is -0.870. The molecule has 0 unspecified atom stereocenters. The minimum Gasteiger partial charge on any atom is -0.507 e. The Kier molecular flexibility index (Phi) is 4.78. The molecule has 2 atom stereocenters. The Bertz CT molecular complexity index is 434. The highest BCUT2D eigenvalue weighted by atomic mass is 79.9. The molecule has 0 saturated heterocycles. The van der Waals surface area contributed by atoms with Crippen molar-refractivity contribution in [3.8, 4) is 5.75 Å². The van der Waals surface area contributed by atoms with Gasteiger partial charge in [-0.25, -0.2) is 0 Å². The van der Waals surface area contributed by atoms with Crippen LogP contribution in [0.4, 0.5) is 0 Å². The molecule has 0 spiro atoms. The maximum absolute atomic E-state index is 9.73. The number of hydrogen-bond acceptors (Lipinski definition) is 3. The van der Waals surface area contributed by atoms with Crippen LogP contribution in [0.1, 0.15) is 31.2 Å². The molecule has 1 aliphatic carbocycles. The maximum Gasteiger partial charge on any atom is 0.124 e. The molecule has 0 aromatic heterocycles. The second kappa shape index (κ2) is 6.34. The van der Waals surface area contributed by atoms with E-state index >= 15 is 0 Å². The summed E-state index contributed by atoms with van der Waals surface area (Å²) in [6.45, 7) is 0.201. The van der Waals surface area contributed by atoms with Crippen LogP contribution in [-0.2, 0) is 0 Å². The molecule has 2 N–H and O–H groups in total. The highest BCUT2D eigenvalue weighted by Gasteiger charge is 2.23.